The van der Waals surface area contributed by atoms with E-state index in [2.05, 4.69) is 5.32 Å². The van der Waals surface area contributed by atoms with Crippen molar-refractivity contribution in [3.05, 3.63) is 33.5 Å². The average Bonchev–Trinajstić information content (AvgIpc) is 2.98. The molecule has 0 spiro atoms. The Balaban J connectivity index is 2.07. The first-order chi connectivity index (χ1) is 12.3. The van der Waals surface area contributed by atoms with E-state index in [1.807, 2.05) is 58.1 Å². The first-order valence-electron chi connectivity index (χ1n) is 8.84. The van der Waals surface area contributed by atoms with Crippen molar-refractivity contribution in [3.8, 4) is 0 Å². The van der Waals surface area contributed by atoms with E-state index in [-0.39, 0.29) is 5.91 Å². The third-order valence-corrected chi connectivity index (χ3v) is 6.52. The predicted octanol–water partition coefficient (Wildman–Crippen LogP) is 2.16. The van der Waals surface area contributed by atoms with Crippen molar-refractivity contribution < 1.29 is 19.0 Å². The molecule has 0 saturated carbocycles. The van der Waals surface area contributed by atoms with Crippen molar-refractivity contribution >= 4 is 28.2 Å². The molecule has 3 N–H and O–H groups in total. The monoisotopic (exact) mass is 391 g/mol. The lowest BCUT2D eigenvalue weighted by molar-refractivity contribution is -0.751. The van der Waals surface area contributed by atoms with Crippen LogP contribution in [0.2, 0.25) is 0 Å². The van der Waals surface area contributed by atoms with Crippen LogP contribution in [0.4, 0.5) is 5.00 Å². The number of hydrogen-bond acceptors (Lipinski definition) is 4. The van der Waals surface area contributed by atoms with Gasteiger partial charge in [-0.15, -0.1) is 16.0 Å². The van der Waals surface area contributed by atoms with E-state index in [1.165, 1.54) is 11.3 Å². The Morgan fingerprint density at radius 1 is 1.33 bits per heavy atom. The Bertz CT molecular complexity index is 953. The first-order valence-corrected chi connectivity index (χ1v) is 9.65. The van der Waals surface area contributed by atoms with Crippen molar-refractivity contribution in [2.45, 2.75) is 52.2 Å². The Kier molecular flexibility index (Phi) is 4.47. The molecule has 1 aliphatic heterocycles. The SMILES string of the molecule is Cc1c(C(=O)Nc2sc3c(c2C(N)=O)CC(C)(C)OC3(C)C)c[n+](C)n1C. The van der Waals surface area contributed by atoms with Gasteiger partial charge in [0.2, 0.25) is 6.20 Å². The standard InChI is InChI=1S/C19H26N4O3S/c1-10-12(9-22(6)23(10)7)16(25)21-17-13(15(20)24)11-8-18(2,3)26-19(4,5)14(11)27-17/h9H,8H2,1-7H3,(H2-,20,21,24,25)/p+1. The van der Waals surface area contributed by atoms with Crippen LogP contribution in [-0.4, -0.2) is 22.1 Å². The van der Waals surface area contributed by atoms with E-state index in [4.69, 9.17) is 10.5 Å². The van der Waals surface area contributed by atoms with Crippen LogP contribution >= 0.6 is 11.3 Å². The normalized spacial score (nSPS) is 17.4. The number of aromatic nitrogens is 2. The molecule has 2 aromatic rings. The Labute approximate surface area is 163 Å². The Morgan fingerprint density at radius 3 is 2.48 bits per heavy atom. The van der Waals surface area contributed by atoms with Crippen LogP contribution in [0.25, 0.3) is 0 Å². The van der Waals surface area contributed by atoms with Gasteiger partial charge in [0.15, 0.2) is 7.05 Å². The molecule has 2 amide bonds. The summed E-state index contributed by atoms with van der Waals surface area (Å²) in [5, 5.41) is 3.39. The Hall–Kier alpha value is -2.19. The molecule has 7 nitrogen and oxygen atoms in total. The van der Waals surface area contributed by atoms with Crippen molar-refractivity contribution in [2.24, 2.45) is 19.8 Å². The van der Waals surface area contributed by atoms with E-state index < -0.39 is 17.1 Å². The quantitative estimate of drug-likeness (QED) is 0.786. The highest BCUT2D eigenvalue weighted by Gasteiger charge is 2.43. The van der Waals surface area contributed by atoms with Gasteiger partial charge in [-0.1, -0.05) is 0 Å². The summed E-state index contributed by atoms with van der Waals surface area (Å²) in [4.78, 5) is 26.0. The summed E-state index contributed by atoms with van der Waals surface area (Å²) >= 11 is 1.37. The molecule has 0 radical (unpaired) electrons. The lowest BCUT2D eigenvalue weighted by Gasteiger charge is -2.41. The smallest absolute Gasteiger partial charge is 0.264 e. The number of nitrogens with one attached hydrogen (secondary N) is 1. The zero-order chi connectivity index (χ0) is 20.3. The molecule has 1 aliphatic rings. The second-order valence-electron chi connectivity index (χ2n) is 8.21. The highest BCUT2D eigenvalue weighted by molar-refractivity contribution is 7.17. The zero-order valence-corrected chi connectivity index (χ0v) is 17.7. The minimum atomic E-state index is -0.565. The van der Waals surface area contributed by atoms with Gasteiger partial charge in [-0.05, 0) is 40.2 Å². The molecule has 3 heterocycles. The number of anilines is 1. The topological polar surface area (TPSA) is 90.2 Å². The molecule has 0 unspecified atom stereocenters. The van der Waals surface area contributed by atoms with E-state index in [9.17, 15) is 9.59 Å². The third kappa shape index (κ3) is 3.27. The number of carbonyl (C=O) groups is 2. The number of thiophene rings is 1. The lowest BCUT2D eigenvalue weighted by atomic mass is 9.86. The van der Waals surface area contributed by atoms with Gasteiger partial charge >= 0.3 is 0 Å². The molecule has 27 heavy (non-hydrogen) atoms. The fourth-order valence-corrected chi connectivity index (χ4v) is 5.10. The molecule has 146 valence electrons. The molecular weight excluding hydrogens is 364 g/mol. The molecular formula is C19H27N4O3S+. The molecule has 8 heteroatoms. The summed E-state index contributed by atoms with van der Waals surface area (Å²) < 4.78 is 9.91. The second kappa shape index (κ2) is 6.17. The molecule has 0 atom stereocenters. The van der Waals surface area contributed by atoms with Crippen LogP contribution < -0.4 is 15.7 Å². The number of fused-ring (bicyclic) bond motifs is 1. The number of primary amides is 1. The van der Waals surface area contributed by atoms with Crippen molar-refractivity contribution in [3.63, 3.8) is 0 Å². The molecule has 0 saturated heterocycles. The second-order valence-corrected chi connectivity index (χ2v) is 9.23. The van der Waals surface area contributed by atoms with Gasteiger partial charge in [-0.2, -0.15) is 4.68 Å². The largest absolute Gasteiger partial charge is 0.365 e. The molecule has 3 rings (SSSR count). The number of nitrogens with zero attached hydrogens (tertiary/aromatic N) is 2. The lowest BCUT2D eigenvalue weighted by Crippen LogP contribution is -2.42. The Morgan fingerprint density at radius 2 is 1.96 bits per heavy atom. The van der Waals surface area contributed by atoms with Gasteiger partial charge in [0.1, 0.15) is 10.6 Å². The molecule has 0 fully saturated rings. The van der Waals surface area contributed by atoms with E-state index >= 15 is 0 Å². The summed E-state index contributed by atoms with van der Waals surface area (Å²) in [7, 11) is 3.75. The van der Waals surface area contributed by atoms with Crippen LogP contribution in [0.15, 0.2) is 6.20 Å². The van der Waals surface area contributed by atoms with Crippen LogP contribution in [-0.2, 0) is 30.9 Å². The maximum absolute atomic E-state index is 12.9. The van der Waals surface area contributed by atoms with Gasteiger partial charge in [0.25, 0.3) is 11.8 Å². The van der Waals surface area contributed by atoms with Crippen LogP contribution in [0.1, 0.15) is 64.5 Å². The minimum Gasteiger partial charge on any atom is -0.365 e. The minimum absolute atomic E-state index is 0.261. The van der Waals surface area contributed by atoms with E-state index in [1.54, 1.807) is 6.20 Å². The van der Waals surface area contributed by atoms with Gasteiger partial charge in [-0.25, -0.2) is 0 Å². The zero-order valence-electron chi connectivity index (χ0n) is 16.9. The van der Waals surface area contributed by atoms with E-state index in [0.29, 0.717) is 22.5 Å². The first kappa shape index (κ1) is 19.6. The average molecular weight is 392 g/mol. The molecule has 2 aromatic heterocycles. The highest BCUT2D eigenvalue weighted by Crippen LogP contribution is 2.48. The number of carbonyl (C=O) groups excluding carboxylic acids is 2. The summed E-state index contributed by atoms with van der Waals surface area (Å²) in [6.07, 6.45) is 2.33. The van der Waals surface area contributed by atoms with Crippen molar-refractivity contribution in [1.29, 1.82) is 0 Å². The number of ether oxygens (including phenoxy) is 1. The highest BCUT2D eigenvalue weighted by atomic mass is 32.1. The number of nitrogens with two attached hydrogens (primary N) is 1. The van der Waals surface area contributed by atoms with Crippen molar-refractivity contribution in [2.75, 3.05) is 5.32 Å². The third-order valence-electron chi connectivity index (χ3n) is 5.07. The molecule has 0 aliphatic carbocycles. The molecule has 0 aromatic carbocycles. The summed E-state index contributed by atoms with van der Waals surface area (Å²) in [5.41, 5.74) is 7.37. The van der Waals surface area contributed by atoms with Gasteiger partial charge in [-0.3, -0.25) is 9.59 Å². The predicted molar refractivity (Wildman–Crippen MR) is 104 cm³/mol. The fourth-order valence-electron chi connectivity index (χ4n) is 3.84. The van der Waals surface area contributed by atoms with Crippen molar-refractivity contribution in [1.82, 2.24) is 4.68 Å². The number of aryl methyl sites for hydroxylation is 1. The summed E-state index contributed by atoms with van der Waals surface area (Å²) in [6, 6.07) is 0. The summed E-state index contributed by atoms with van der Waals surface area (Å²) in [5.74, 6) is -0.797. The van der Waals surface area contributed by atoms with Crippen LogP contribution in [0, 0.1) is 6.92 Å². The fraction of sp³-hybridized carbons (Fsp3) is 0.526. The number of rotatable bonds is 3. The molecule has 0 bridgehead atoms. The summed E-state index contributed by atoms with van der Waals surface area (Å²) in [6.45, 7) is 9.81. The maximum atomic E-state index is 12.9. The maximum Gasteiger partial charge on any atom is 0.264 e. The van der Waals surface area contributed by atoms with Crippen LogP contribution in [0.5, 0.6) is 0 Å². The van der Waals surface area contributed by atoms with Gasteiger partial charge in [0, 0.05) is 11.3 Å². The van der Waals surface area contributed by atoms with E-state index in [0.717, 1.165) is 16.1 Å². The number of hydrogen-bond donors (Lipinski definition) is 2. The van der Waals surface area contributed by atoms with Gasteiger partial charge < -0.3 is 15.8 Å². The number of amides is 2. The van der Waals surface area contributed by atoms with Crippen LogP contribution in [0.3, 0.4) is 0 Å². The van der Waals surface area contributed by atoms with Gasteiger partial charge in [0.05, 0.1) is 29.5 Å².